The number of nitrogens with one attached hydrogen (secondary N) is 1. The van der Waals surface area contributed by atoms with Crippen molar-refractivity contribution in [3.63, 3.8) is 0 Å². The summed E-state index contributed by atoms with van der Waals surface area (Å²) in [4.78, 5) is 17.2. The molecule has 7 heteroatoms. The van der Waals surface area contributed by atoms with Crippen LogP contribution in [0.1, 0.15) is 31.3 Å². The fraction of sp³-hybridized carbons (Fsp3) is 0.353. The molecule has 2 heterocycles. The molecule has 0 amide bonds. The number of pyridine rings is 1. The molecule has 0 saturated carbocycles. The van der Waals surface area contributed by atoms with Crippen LogP contribution in [0.15, 0.2) is 35.4 Å². The first-order valence-electron chi connectivity index (χ1n) is 7.82. The third kappa shape index (κ3) is 3.49. The maximum Gasteiger partial charge on any atom is 0.252 e. The van der Waals surface area contributed by atoms with E-state index in [0.29, 0.717) is 29.7 Å². The summed E-state index contributed by atoms with van der Waals surface area (Å²) in [6, 6.07) is 7.70. The van der Waals surface area contributed by atoms with Crippen LogP contribution in [0, 0.1) is 0 Å². The molecule has 0 atom stereocenters. The summed E-state index contributed by atoms with van der Waals surface area (Å²) in [5, 5.41) is 9.72. The first kappa shape index (κ1) is 16.7. The van der Waals surface area contributed by atoms with Crippen molar-refractivity contribution in [2.45, 2.75) is 33.0 Å². The SMILES string of the molecule is CC(C)n1cnnc1CN(C)Cc1cc2ccc(Cl)cc2[nH]c1=O. The normalized spacial score (nSPS) is 11.8. The van der Waals surface area contributed by atoms with E-state index in [1.54, 1.807) is 12.4 Å². The summed E-state index contributed by atoms with van der Waals surface area (Å²) in [6.07, 6.45) is 1.74. The van der Waals surface area contributed by atoms with Gasteiger partial charge in [-0.2, -0.15) is 0 Å². The predicted molar refractivity (Wildman–Crippen MR) is 95.2 cm³/mol. The number of rotatable bonds is 5. The number of nitrogens with zero attached hydrogens (tertiary/aromatic N) is 4. The standard InChI is InChI=1S/C17H20ClN5O/c1-11(2)23-10-19-21-16(23)9-22(3)8-13-6-12-4-5-14(18)7-15(12)20-17(13)24/h4-7,10-11H,8-9H2,1-3H3,(H,20,24). The molecule has 0 saturated heterocycles. The van der Waals surface area contributed by atoms with Crippen molar-refractivity contribution in [1.82, 2.24) is 24.6 Å². The number of halogens is 1. The molecule has 0 aliphatic heterocycles. The Morgan fingerprint density at radius 3 is 2.83 bits per heavy atom. The molecule has 0 aliphatic rings. The number of H-pyrrole nitrogens is 1. The van der Waals surface area contributed by atoms with E-state index in [0.717, 1.165) is 16.7 Å². The van der Waals surface area contributed by atoms with Crippen molar-refractivity contribution in [1.29, 1.82) is 0 Å². The number of aromatic nitrogens is 4. The third-order valence-electron chi connectivity index (χ3n) is 3.94. The van der Waals surface area contributed by atoms with Gasteiger partial charge in [0.1, 0.15) is 12.2 Å². The van der Waals surface area contributed by atoms with E-state index in [1.807, 2.05) is 29.8 Å². The van der Waals surface area contributed by atoms with Crippen molar-refractivity contribution < 1.29 is 0 Å². The Morgan fingerprint density at radius 2 is 2.08 bits per heavy atom. The Hall–Kier alpha value is -2.18. The van der Waals surface area contributed by atoms with Crippen LogP contribution in [0.5, 0.6) is 0 Å². The lowest BCUT2D eigenvalue weighted by Gasteiger charge is -2.18. The van der Waals surface area contributed by atoms with Crippen LogP contribution in [-0.2, 0) is 13.1 Å². The Bertz CT molecular complexity index is 915. The van der Waals surface area contributed by atoms with Crippen molar-refractivity contribution in [3.05, 3.63) is 57.4 Å². The molecule has 126 valence electrons. The van der Waals surface area contributed by atoms with Crippen molar-refractivity contribution in [3.8, 4) is 0 Å². The van der Waals surface area contributed by atoms with Gasteiger partial charge in [-0.05, 0) is 44.5 Å². The highest BCUT2D eigenvalue weighted by molar-refractivity contribution is 6.31. The molecule has 0 radical (unpaired) electrons. The van der Waals surface area contributed by atoms with Gasteiger partial charge in [-0.15, -0.1) is 10.2 Å². The zero-order chi connectivity index (χ0) is 17.3. The molecule has 0 fully saturated rings. The van der Waals surface area contributed by atoms with E-state index in [4.69, 9.17) is 11.6 Å². The topological polar surface area (TPSA) is 66.8 Å². The van der Waals surface area contributed by atoms with Gasteiger partial charge >= 0.3 is 0 Å². The number of benzene rings is 1. The van der Waals surface area contributed by atoms with Crippen LogP contribution < -0.4 is 5.56 Å². The zero-order valence-electron chi connectivity index (χ0n) is 14.0. The smallest absolute Gasteiger partial charge is 0.252 e. The highest BCUT2D eigenvalue weighted by atomic mass is 35.5. The molecule has 3 aromatic rings. The minimum Gasteiger partial charge on any atom is -0.322 e. The van der Waals surface area contributed by atoms with E-state index in [9.17, 15) is 4.79 Å². The summed E-state index contributed by atoms with van der Waals surface area (Å²) in [6.45, 7) is 5.33. The predicted octanol–water partition coefficient (Wildman–Crippen LogP) is 2.99. The monoisotopic (exact) mass is 345 g/mol. The highest BCUT2D eigenvalue weighted by Gasteiger charge is 2.12. The maximum absolute atomic E-state index is 12.3. The highest BCUT2D eigenvalue weighted by Crippen LogP contribution is 2.17. The number of aromatic amines is 1. The van der Waals surface area contributed by atoms with Gasteiger partial charge < -0.3 is 9.55 Å². The molecule has 0 aliphatic carbocycles. The van der Waals surface area contributed by atoms with Gasteiger partial charge in [0.2, 0.25) is 0 Å². The second-order valence-corrected chi connectivity index (χ2v) is 6.71. The lowest BCUT2D eigenvalue weighted by Crippen LogP contribution is -2.24. The first-order chi connectivity index (χ1) is 11.4. The maximum atomic E-state index is 12.3. The molecule has 6 nitrogen and oxygen atoms in total. The molecule has 0 unspecified atom stereocenters. The summed E-state index contributed by atoms with van der Waals surface area (Å²) in [5.41, 5.74) is 1.36. The van der Waals surface area contributed by atoms with Gasteiger partial charge in [-0.3, -0.25) is 9.69 Å². The molecule has 3 rings (SSSR count). The van der Waals surface area contributed by atoms with Crippen LogP contribution in [0.4, 0.5) is 0 Å². The molecule has 1 N–H and O–H groups in total. The molecular formula is C17H20ClN5O. The van der Waals surface area contributed by atoms with Crippen LogP contribution in [-0.4, -0.2) is 31.7 Å². The molecule has 24 heavy (non-hydrogen) atoms. The van der Waals surface area contributed by atoms with Gasteiger partial charge in [-0.1, -0.05) is 17.7 Å². The average Bonchev–Trinajstić information content (AvgIpc) is 2.96. The fourth-order valence-corrected chi connectivity index (χ4v) is 2.91. The minimum absolute atomic E-state index is 0.0954. The van der Waals surface area contributed by atoms with E-state index in [-0.39, 0.29) is 5.56 Å². The van der Waals surface area contributed by atoms with E-state index >= 15 is 0 Å². The number of fused-ring (bicyclic) bond motifs is 1. The second kappa shape index (κ2) is 6.75. The quantitative estimate of drug-likeness (QED) is 0.772. The van der Waals surface area contributed by atoms with Gasteiger partial charge in [0.25, 0.3) is 5.56 Å². The Kier molecular flexibility index (Phi) is 4.69. The van der Waals surface area contributed by atoms with Crippen LogP contribution in [0.3, 0.4) is 0 Å². The van der Waals surface area contributed by atoms with Crippen LogP contribution in [0.2, 0.25) is 5.02 Å². The van der Waals surface area contributed by atoms with Gasteiger partial charge in [0, 0.05) is 28.7 Å². The molecule has 1 aromatic carbocycles. The number of hydrogen-bond donors (Lipinski definition) is 1. The summed E-state index contributed by atoms with van der Waals surface area (Å²) in [7, 11) is 1.96. The van der Waals surface area contributed by atoms with Crippen LogP contribution >= 0.6 is 11.6 Å². The van der Waals surface area contributed by atoms with Gasteiger partial charge in [-0.25, -0.2) is 0 Å². The molecular weight excluding hydrogens is 326 g/mol. The fourth-order valence-electron chi connectivity index (χ4n) is 2.74. The largest absolute Gasteiger partial charge is 0.322 e. The van der Waals surface area contributed by atoms with Gasteiger partial charge in [0.15, 0.2) is 0 Å². The average molecular weight is 346 g/mol. The molecule has 2 aromatic heterocycles. The van der Waals surface area contributed by atoms with Crippen LogP contribution in [0.25, 0.3) is 10.9 Å². The summed E-state index contributed by atoms with van der Waals surface area (Å²) < 4.78 is 2.03. The Morgan fingerprint density at radius 1 is 1.29 bits per heavy atom. The second-order valence-electron chi connectivity index (χ2n) is 6.28. The van der Waals surface area contributed by atoms with Crippen molar-refractivity contribution >= 4 is 22.5 Å². The van der Waals surface area contributed by atoms with Crippen molar-refractivity contribution in [2.24, 2.45) is 0 Å². The Labute approximate surface area is 145 Å². The molecule has 0 bridgehead atoms. The lowest BCUT2D eigenvalue weighted by molar-refractivity contribution is 0.301. The first-order valence-corrected chi connectivity index (χ1v) is 8.20. The molecule has 0 spiro atoms. The van der Waals surface area contributed by atoms with E-state index in [2.05, 4.69) is 33.9 Å². The van der Waals surface area contributed by atoms with E-state index in [1.165, 1.54) is 0 Å². The Balaban J connectivity index is 1.81. The van der Waals surface area contributed by atoms with Crippen molar-refractivity contribution in [2.75, 3.05) is 7.05 Å². The summed E-state index contributed by atoms with van der Waals surface area (Å²) in [5.74, 6) is 0.886. The number of hydrogen-bond acceptors (Lipinski definition) is 4. The van der Waals surface area contributed by atoms with E-state index < -0.39 is 0 Å². The lowest BCUT2D eigenvalue weighted by atomic mass is 10.1. The summed E-state index contributed by atoms with van der Waals surface area (Å²) >= 11 is 5.97. The minimum atomic E-state index is -0.0954. The zero-order valence-corrected chi connectivity index (χ0v) is 14.7. The van der Waals surface area contributed by atoms with Gasteiger partial charge in [0.05, 0.1) is 6.54 Å². The third-order valence-corrected chi connectivity index (χ3v) is 4.18.